The van der Waals surface area contributed by atoms with Crippen molar-refractivity contribution >= 4 is 38.6 Å². The van der Waals surface area contributed by atoms with E-state index in [1.807, 2.05) is 0 Å². The Morgan fingerprint density at radius 3 is 2.57 bits per heavy atom. The lowest BCUT2D eigenvalue weighted by Crippen LogP contribution is -2.43. The minimum atomic E-state index is -3.53. The summed E-state index contributed by atoms with van der Waals surface area (Å²) < 4.78 is 27.0. The fourth-order valence-electron chi connectivity index (χ4n) is 1.27. The molecule has 0 unspecified atom stereocenters. The molecule has 0 atom stereocenters. The minimum absolute atomic E-state index is 0.0849. The molecule has 1 aromatic rings. The minimum Gasteiger partial charge on any atom is -0.486 e. The number of benzene rings is 1. The molecule has 0 heterocycles. The van der Waals surface area contributed by atoms with E-state index < -0.39 is 20.5 Å². The lowest BCUT2D eigenvalue weighted by Gasteiger charge is -2.21. The van der Waals surface area contributed by atoms with Gasteiger partial charge in [-0.25, -0.2) is 8.42 Å². The van der Waals surface area contributed by atoms with E-state index in [2.05, 4.69) is 5.32 Å². The Hall–Kier alpha value is -1.67. The smallest absolute Gasteiger partial charge is 0.245 e. The van der Waals surface area contributed by atoms with Crippen LogP contribution in [-0.2, 0) is 14.6 Å². The summed E-state index contributed by atoms with van der Waals surface area (Å²) in [7, 11) is -3.53. The van der Waals surface area contributed by atoms with E-state index in [0.29, 0.717) is 11.4 Å². The van der Waals surface area contributed by atoms with Crippen LogP contribution in [-0.4, -0.2) is 36.9 Å². The first kappa shape index (κ1) is 17.4. The molecule has 6 nitrogen and oxygen atoms in total. The van der Waals surface area contributed by atoms with Crippen molar-refractivity contribution in [2.75, 3.05) is 18.2 Å². The average Bonchev–Trinajstić information content (AvgIpc) is 2.35. The van der Waals surface area contributed by atoms with Gasteiger partial charge in [-0.1, -0.05) is 18.3 Å². The third-order valence-corrected chi connectivity index (χ3v) is 5.10. The molecule has 1 aromatic carbocycles. The Kier molecular flexibility index (Phi) is 5.30. The zero-order valence-corrected chi connectivity index (χ0v) is 13.7. The summed E-state index contributed by atoms with van der Waals surface area (Å²) >= 11 is 4.70. The summed E-state index contributed by atoms with van der Waals surface area (Å²) in [5, 5.41) is 2.55. The van der Waals surface area contributed by atoms with Gasteiger partial charge in [0.25, 0.3) is 0 Å². The standard InChI is InChI=1S/C13H18N2O4S2/c1-13(2,21(3,17)18)12(16)15-9-5-4-6-10(7-9)19-8-11(14)20/h4-7H,8H2,1-3H3,(H2,14,20)(H,15,16). The van der Waals surface area contributed by atoms with Gasteiger partial charge in [-0.05, 0) is 26.0 Å². The zero-order valence-electron chi connectivity index (χ0n) is 12.0. The number of hydrogen-bond acceptors (Lipinski definition) is 5. The highest BCUT2D eigenvalue weighted by atomic mass is 32.2. The van der Waals surface area contributed by atoms with Crippen molar-refractivity contribution in [1.82, 2.24) is 0 Å². The molecule has 0 spiro atoms. The van der Waals surface area contributed by atoms with Crippen LogP contribution in [0.25, 0.3) is 0 Å². The monoisotopic (exact) mass is 330 g/mol. The predicted molar refractivity (Wildman–Crippen MR) is 86.3 cm³/mol. The molecule has 0 aliphatic rings. The van der Waals surface area contributed by atoms with Gasteiger partial charge in [0.15, 0.2) is 9.84 Å². The topological polar surface area (TPSA) is 98.5 Å². The Bertz CT molecular complexity index is 654. The normalized spacial score (nSPS) is 11.8. The van der Waals surface area contributed by atoms with Crippen LogP contribution in [0.15, 0.2) is 24.3 Å². The van der Waals surface area contributed by atoms with Crippen molar-refractivity contribution in [3.05, 3.63) is 24.3 Å². The second kappa shape index (κ2) is 6.40. The Labute approximate surface area is 129 Å². The first-order valence-corrected chi connectivity index (χ1v) is 8.36. The number of carbonyl (C=O) groups is 1. The lowest BCUT2D eigenvalue weighted by molar-refractivity contribution is -0.117. The number of hydrogen-bond donors (Lipinski definition) is 2. The summed E-state index contributed by atoms with van der Waals surface area (Å²) in [5.74, 6) is -0.144. The molecule has 0 bridgehead atoms. The van der Waals surface area contributed by atoms with Gasteiger partial charge >= 0.3 is 0 Å². The van der Waals surface area contributed by atoms with Crippen LogP contribution in [0.1, 0.15) is 13.8 Å². The highest BCUT2D eigenvalue weighted by Crippen LogP contribution is 2.21. The van der Waals surface area contributed by atoms with Gasteiger partial charge < -0.3 is 15.8 Å². The van der Waals surface area contributed by atoms with Crippen LogP contribution in [0.3, 0.4) is 0 Å². The average molecular weight is 330 g/mol. The zero-order chi connectivity index (χ0) is 16.3. The Morgan fingerprint density at radius 1 is 1.43 bits per heavy atom. The number of thiocarbonyl (C=S) groups is 1. The van der Waals surface area contributed by atoms with E-state index in [0.717, 1.165) is 6.26 Å². The summed E-state index contributed by atoms with van der Waals surface area (Å²) in [4.78, 5) is 12.3. The number of amides is 1. The number of nitrogens with one attached hydrogen (secondary N) is 1. The van der Waals surface area contributed by atoms with E-state index in [1.165, 1.54) is 13.8 Å². The Balaban J connectivity index is 2.87. The van der Waals surface area contributed by atoms with Crippen LogP contribution in [0.2, 0.25) is 0 Å². The number of rotatable bonds is 6. The van der Waals surface area contributed by atoms with Crippen molar-refractivity contribution in [3.63, 3.8) is 0 Å². The van der Waals surface area contributed by atoms with Crippen molar-refractivity contribution in [1.29, 1.82) is 0 Å². The maximum atomic E-state index is 12.1. The van der Waals surface area contributed by atoms with E-state index in [9.17, 15) is 13.2 Å². The third kappa shape index (κ3) is 4.68. The van der Waals surface area contributed by atoms with Crippen molar-refractivity contribution in [3.8, 4) is 5.75 Å². The highest BCUT2D eigenvalue weighted by molar-refractivity contribution is 7.92. The molecule has 21 heavy (non-hydrogen) atoms. The maximum Gasteiger partial charge on any atom is 0.245 e. The molecule has 0 fully saturated rings. The molecule has 3 N–H and O–H groups in total. The highest BCUT2D eigenvalue weighted by Gasteiger charge is 2.38. The van der Waals surface area contributed by atoms with Crippen molar-refractivity contribution < 1.29 is 17.9 Å². The molecule has 0 aromatic heterocycles. The summed E-state index contributed by atoms with van der Waals surface area (Å²) in [5.41, 5.74) is 5.76. The largest absolute Gasteiger partial charge is 0.486 e. The number of sulfone groups is 1. The molecule has 0 saturated heterocycles. The van der Waals surface area contributed by atoms with Crippen LogP contribution in [0.4, 0.5) is 5.69 Å². The first-order valence-electron chi connectivity index (χ1n) is 6.06. The van der Waals surface area contributed by atoms with E-state index in [-0.39, 0.29) is 11.6 Å². The second-order valence-corrected chi connectivity index (χ2v) is 8.11. The number of carbonyl (C=O) groups excluding carboxylic acids is 1. The summed E-state index contributed by atoms with van der Waals surface area (Å²) in [6.07, 6.45) is 1.02. The maximum absolute atomic E-state index is 12.1. The van der Waals surface area contributed by atoms with Crippen LogP contribution in [0.5, 0.6) is 5.75 Å². The lowest BCUT2D eigenvalue weighted by atomic mass is 10.2. The van der Waals surface area contributed by atoms with Gasteiger partial charge in [-0.15, -0.1) is 0 Å². The van der Waals surface area contributed by atoms with E-state index in [4.69, 9.17) is 22.7 Å². The summed E-state index contributed by atoms with van der Waals surface area (Å²) in [6, 6.07) is 6.53. The molecule has 0 aliphatic carbocycles. The van der Waals surface area contributed by atoms with E-state index in [1.54, 1.807) is 24.3 Å². The quantitative estimate of drug-likeness (QED) is 0.758. The van der Waals surface area contributed by atoms with Crippen LogP contribution < -0.4 is 15.8 Å². The Morgan fingerprint density at radius 2 is 2.05 bits per heavy atom. The first-order chi connectivity index (χ1) is 9.54. The fraction of sp³-hybridized carbons (Fsp3) is 0.385. The van der Waals surface area contributed by atoms with Gasteiger partial charge in [0.05, 0.1) is 0 Å². The molecule has 0 aliphatic heterocycles. The van der Waals surface area contributed by atoms with Gasteiger partial charge in [-0.3, -0.25) is 4.79 Å². The second-order valence-electron chi connectivity index (χ2n) is 5.02. The third-order valence-electron chi connectivity index (χ3n) is 2.95. The summed E-state index contributed by atoms with van der Waals surface area (Å²) in [6.45, 7) is 2.79. The molecule has 1 amide bonds. The number of nitrogens with two attached hydrogens (primary N) is 1. The molecule has 8 heteroatoms. The molecular formula is C13H18N2O4S2. The molecule has 0 radical (unpaired) electrons. The van der Waals surface area contributed by atoms with Gasteiger partial charge in [-0.2, -0.15) is 0 Å². The number of anilines is 1. The molecule has 0 saturated carbocycles. The van der Waals surface area contributed by atoms with Gasteiger partial charge in [0, 0.05) is 18.0 Å². The van der Waals surface area contributed by atoms with Crippen LogP contribution >= 0.6 is 12.2 Å². The van der Waals surface area contributed by atoms with Crippen molar-refractivity contribution in [2.24, 2.45) is 5.73 Å². The molecule has 1 rings (SSSR count). The predicted octanol–water partition coefficient (Wildman–Crippen LogP) is 1.11. The molecular weight excluding hydrogens is 312 g/mol. The van der Waals surface area contributed by atoms with Crippen LogP contribution in [0, 0.1) is 0 Å². The SMILES string of the molecule is CC(C)(C(=O)Nc1cccc(OCC(N)=S)c1)S(C)(=O)=O. The van der Waals surface area contributed by atoms with Gasteiger partial charge in [0.1, 0.15) is 22.1 Å². The van der Waals surface area contributed by atoms with Gasteiger partial charge in [0.2, 0.25) is 5.91 Å². The molecule has 116 valence electrons. The van der Waals surface area contributed by atoms with Crippen molar-refractivity contribution in [2.45, 2.75) is 18.6 Å². The number of ether oxygens (including phenoxy) is 1. The fourth-order valence-corrected chi connectivity index (χ4v) is 1.71. The van der Waals surface area contributed by atoms with E-state index >= 15 is 0 Å².